The predicted octanol–water partition coefficient (Wildman–Crippen LogP) is 2.40. The van der Waals surface area contributed by atoms with Crippen molar-refractivity contribution in [2.75, 3.05) is 13.1 Å². The molecular weight excluding hydrogens is 250 g/mol. The molecule has 0 amide bonds. The van der Waals surface area contributed by atoms with Crippen LogP contribution in [0.2, 0.25) is 0 Å². The first kappa shape index (κ1) is 17.2. The van der Waals surface area contributed by atoms with Gasteiger partial charge in [0.05, 0.1) is 11.8 Å². The summed E-state index contributed by atoms with van der Waals surface area (Å²) in [6, 6.07) is 2.11. The standard InChI is InChI=1S/C16H31N3O/c1-7-13-11-14(18(6)17-13)12-15(20)16(5,8-2)19(9-3)10-4/h11,15,20H,7-10,12H2,1-6H3. The Hall–Kier alpha value is -0.870. The lowest BCUT2D eigenvalue weighted by Gasteiger charge is -2.43. The summed E-state index contributed by atoms with van der Waals surface area (Å²) in [5, 5.41) is 15.2. The normalized spacial score (nSPS) is 16.4. The minimum atomic E-state index is -0.382. The van der Waals surface area contributed by atoms with E-state index in [2.05, 4.69) is 50.7 Å². The fraction of sp³-hybridized carbons (Fsp3) is 0.812. The number of aliphatic hydroxyl groups excluding tert-OH is 1. The highest BCUT2D eigenvalue weighted by molar-refractivity contribution is 5.12. The summed E-state index contributed by atoms with van der Waals surface area (Å²) in [6.07, 6.45) is 2.15. The van der Waals surface area contributed by atoms with Crippen molar-refractivity contribution < 1.29 is 5.11 Å². The molecule has 0 radical (unpaired) electrons. The maximum Gasteiger partial charge on any atom is 0.0776 e. The second-order valence-electron chi connectivity index (χ2n) is 5.71. The summed E-state index contributed by atoms with van der Waals surface area (Å²) in [4.78, 5) is 2.36. The van der Waals surface area contributed by atoms with Crippen LogP contribution in [0.1, 0.15) is 52.4 Å². The average molecular weight is 281 g/mol. The maximum atomic E-state index is 10.8. The van der Waals surface area contributed by atoms with Gasteiger partial charge in [-0.05, 0) is 38.9 Å². The fourth-order valence-corrected chi connectivity index (χ4v) is 2.97. The molecule has 1 N–H and O–H groups in total. The van der Waals surface area contributed by atoms with Gasteiger partial charge >= 0.3 is 0 Å². The molecule has 1 heterocycles. The monoisotopic (exact) mass is 281 g/mol. The largest absolute Gasteiger partial charge is 0.391 e. The van der Waals surface area contributed by atoms with Gasteiger partial charge in [-0.2, -0.15) is 5.10 Å². The molecule has 0 saturated carbocycles. The van der Waals surface area contributed by atoms with Crippen LogP contribution in [0, 0.1) is 0 Å². The van der Waals surface area contributed by atoms with Crippen molar-refractivity contribution >= 4 is 0 Å². The number of nitrogens with zero attached hydrogens (tertiary/aromatic N) is 3. The van der Waals surface area contributed by atoms with Crippen molar-refractivity contribution in [1.82, 2.24) is 14.7 Å². The van der Waals surface area contributed by atoms with Crippen molar-refractivity contribution in [2.45, 2.75) is 65.5 Å². The molecule has 2 unspecified atom stereocenters. The van der Waals surface area contributed by atoms with Gasteiger partial charge in [-0.3, -0.25) is 9.58 Å². The first-order valence-corrected chi connectivity index (χ1v) is 7.87. The molecule has 0 aromatic carbocycles. The number of aromatic nitrogens is 2. The van der Waals surface area contributed by atoms with Crippen LogP contribution in [0.25, 0.3) is 0 Å². The first-order valence-electron chi connectivity index (χ1n) is 7.87. The quantitative estimate of drug-likeness (QED) is 0.795. The van der Waals surface area contributed by atoms with Gasteiger partial charge < -0.3 is 5.11 Å². The Labute approximate surface area is 123 Å². The summed E-state index contributed by atoms with van der Waals surface area (Å²) in [6.45, 7) is 12.7. The zero-order valence-electron chi connectivity index (χ0n) is 14.0. The van der Waals surface area contributed by atoms with Crippen LogP contribution in [0.3, 0.4) is 0 Å². The van der Waals surface area contributed by atoms with Gasteiger partial charge in [-0.1, -0.05) is 27.7 Å². The highest BCUT2D eigenvalue weighted by Gasteiger charge is 2.36. The molecule has 20 heavy (non-hydrogen) atoms. The SMILES string of the molecule is CCc1cc(CC(O)C(C)(CC)N(CC)CC)n(C)n1. The van der Waals surface area contributed by atoms with Crippen LogP contribution in [0.4, 0.5) is 0 Å². The Bertz CT molecular complexity index is 412. The molecular formula is C16H31N3O. The highest BCUT2D eigenvalue weighted by Crippen LogP contribution is 2.26. The van der Waals surface area contributed by atoms with Crippen molar-refractivity contribution in [1.29, 1.82) is 0 Å². The molecule has 1 aromatic rings. The average Bonchev–Trinajstić information content (AvgIpc) is 2.80. The smallest absolute Gasteiger partial charge is 0.0776 e. The van der Waals surface area contributed by atoms with E-state index in [-0.39, 0.29) is 11.6 Å². The lowest BCUT2D eigenvalue weighted by Crippen LogP contribution is -2.55. The third-order valence-corrected chi connectivity index (χ3v) is 4.71. The molecule has 116 valence electrons. The Balaban J connectivity index is 2.91. The van der Waals surface area contributed by atoms with E-state index in [1.807, 2.05) is 11.7 Å². The molecule has 0 fully saturated rings. The van der Waals surface area contributed by atoms with Crippen LogP contribution in [0.15, 0.2) is 6.07 Å². The molecule has 0 aliphatic carbocycles. The number of aliphatic hydroxyl groups is 1. The van der Waals surface area contributed by atoms with Gasteiger partial charge in [-0.15, -0.1) is 0 Å². The number of aryl methyl sites for hydroxylation is 2. The maximum absolute atomic E-state index is 10.8. The van der Waals surface area contributed by atoms with E-state index < -0.39 is 0 Å². The molecule has 4 heteroatoms. The van der Waals surface area contributed by atoms with E-state index in [0.29, 0.717) is 6.42 Å². The van der Waals surface area contributed by atoms with Gasteiger partial charge in [-0.25, -0.2) is 0 Å². The predicted molar refractivity (Wildman–Crippen MR) is 83.9 cm³/mol. The van der Waals surface area contributed by atoms with Crippen LogP contribution in [-0.2, 0) is 19.9 Å². The van der Waals surface area contributed by atoms with Crippen molar-refractivity contribution in [3.8, 4) is 0 Å². The third-order valence-electron chi connectivity index (χ3n) is 4.71. The second-order valence-corrected chi connectivity index (χ2v) is 5.71. The zero-order valence-corrected chi connectivity index (χ0v) is 14.0. The molecule has 0 spiro atoms. The molecule has 1 aromatic heterocycles. The summed E-state index contributed by atoms with van der Waals surface area (Å²) in [5.41, 5.74) is 2.03. The lowest BCUT2D eigenvalue weighted by atomic mass is 9.86. The van der Waals surface area contributed by atoms with Gasteiger partial charge in [0, 0.05) is 24.7 Å². The van der Waals surface area contributed by atoms with Gasteiger partial charge in [0.15, 0.2) is 0 Å². The molecule has 0 bridgehead atoms. The number of likely N-dealkylation sites (N-methyl/N-ethyl adjacent to an activating group) is 1. The van der Waals surface area contributed by atoms with Crippen molar-refractivity contribution in [3.05, 3.63) is 17.5 Å². The number of hydrogen-bond donors (Lipinski definition) is 1. The highest BCUT2D eigenvalue weighted by atomic mass is 16.3. The van der Waals surface area contributed by atoms with Crippen molar-refractivity contribution in [2.24, 2.45) is 7.05 Å². The number of rotatable bonds is 8. The third kappa shape index (κ3) is 3.41. The Morgan fingerprint density at radius 2 is 1.90 bits per heavy atom. The minimum Gasteiger partial charge on any atom is -0.391 e. The van der Waals surface area contributed by atoms with E-state index in [9.17, 15) is 5.11 Å². The van der Waals surface area contributed by atoms with E-state index in [1.165, 1.54) is 0 Å². The molecule has 4 nitrogen and oxygen atoms in total. The summed E-state index contributed by atoms with van der Waals surface area (Å²) < 4.78 is 1.90. The first-order chi connectivity index (χ1) is 9.42. The number of hydrogen-bond acceptors (Lipinski definition) is 3. The summed E-state index contributed by atoms with van der Waals surface area (Å²) in [5.74, 6) is 0. The zero-order chi connectivity index (χ0) is 15.3. The topological polar surface area (TPSA) is 41.3 Å². The molecule has 0 aliphatic heterocycles. The summed E-state index contributed by atoms with van der Waals surface area (Å²) >= 11 is 0. The van der Waals surface area contributed by atoms with E-state index in [4.69, 9.17) is 0 Å². The molecule has 0 saturated heterocycles. The van der Waals surface area contributed by atoms with Crippen LogP contribution >= 0.6 is 0 Å². The van der Waals surface area contributed by atoms with Crippen LogP contribution < -0.4 is 0 Å². The minimum absolute atomic E-state index is 0.180. The summed E-state index contributed by atoms with van der Waals surface area (Å²) in [7, 11) is 1.96. The van der Waals surface area contributed by atoms with E-state index in [1.54, 1.807) is 0 Å². The Kier molecular flexibility index (Phi) is 6.21. The lowest BCUT2D eigenvalue weighted by molar-refractivity contribution is -0.0198. The van der Waals surface area contributed by atoms with Gasteiger partial charge in [0.2, 0.25) is 0 Å². The Morgan fingerprint density at radius 3 is 2.30 bits per heavy atom. The van der Waals surface area contributed by atoms with Gasteiger partial charge in [0.1, 0.15) is 0 Å². The molecule has 2 atom stereocenters. The molecule has 1 rings (SSSR count). The molecule has 0 aliphatic rings. The second kappa shape index (κ2) is 7.23. The Morgan fingerprint density at radius 1 is 1.30 bits per heavy atom. The van der Waals surface area contributed by atoms with Crippen LogP contribution in [0.5, 0.6) is 0 Å². The van der Waals surface area contributed by atoms with E-state index >= 15 is 0 Å². The fourth-order valence-electron chi connectivity index (χ4n) is 2.97. The van der Waals surface area contributed by atoms with Crippen molar-refractivity contribution in [3.63, 3.8) is 0 Å². The van der Waals surface area contributed by atoms with E-state index in [0.717, 1.165) is 37.3 Å². The van der Waals surface area contributed by atoms with Gasteiger partial charge in [0.25, 0.3) is 0 Å². The van der Waals surface area contributed by atoms with Crippen LogP contribution in [-0.4, -0.2) is 44.5 Å².